The van der Waals surface area contributed by atoms with Crippen molar-refractivity contribution in [2.75, 3.05) is 0 Å². The van der Waals surface area contributed by atoms with E-state index >= 15 is 0 Å². The first-order chi connectivity index (χ1) is 34.0. The summed E-state index contributed by atoms with van der Waals surface area (Å²) in [7, 11) is 0. The first kappa shape index (κ1) is 44.5. The van der Waals surface area contributed by atoms with Crippen LogP contribution in [-0.2, 0) is 6.42 Å². The maximum Gasteiger partial charge on any atom is 0.164 e. The standard InChI is InChI=1S/C65H54N4/c1-4-19-61-59(6-3)53(41-54-24-13-14-29-60(54)61)27-17-25-45(5-2)56-42-57(52-26-18-28-55(40-52)62-30-15-16-39-66-62)44-58(43-56)65-68-63(50-35-31-48(32-36-50)46-20-9-7-10-21-46)67-64(69-65)51-37-33-49(34-38-51)47-22-11-8-12-23-47/h4-5,7-22,24-29,31-44,47,62H,2,6,23,30H2,1,3H3/b19-4-,27-17+,45-25+. The second-order valence-electron chi connectivity index (χ2n) is 17.5. The van der Waals surface area contributed by atoms with E-state index in [9.17, 15) is 0 Å². The quantitative estimate of drug-likeness (QED) is 0.108. The van der Waals surface area contributed by atoms with E-state index in [1.165, 1.54) is 38.6 Å². The summed E-state index contributed by atoms with van der Waals surface area (Å²) in [5.74, 6) is 2.16. The molecule has 2 atom stereocenters. The molecule has 2 aliphatic rings. The Morgan fingerprint density at radius 3 is 1.99 bits per heavy atom. The third-order valence-corrected chi connectivity index (χ3v) is 13.1. The van der Waals surface area contributed by atoms with Gasteiger partial charge in [0, 0.05) is 28.8 Å². The number of hydrogen-bond donors (Lipinski definition) is 0. The van der Waals surface area contributed by atoms with Gasteiger partial charge in [0.2, 0.25) is 0 Å². The van der Waals surface area contributed by atoms with E-state index in [0.29, 0.717) is 23.4 Å². The Hall–Kier alpha value is -8.34. The number of fused-ring (bicyclic) bond motifs is 1. The van der Waals surface area contributed by atoms with Gasteiger partial charge in [-0.25, -0.2) is 15.0 Å². The molecule has 0 fully saturated rings. The fraction of sp³-hybridized carbons (Fsp3) is 0.108. The lowest BCUT2D eigenvalue weighted by Crippen LogP contribution is -2.02. The Bertz CT molecular complexity index is 3380. The first-order valence-electron chi connectivity index (χ1n) is 24.0. The second-order valence-corrected chi connectivity index (χ2v) is 17.5. The molecule has 0 N–H and O–H groups in total. The summed E-state index contributed by atoms with van der Waals surface area (Å²) < 4.78 is 0. The Balaban J connectivity index is 1.11. The van der Waals surface area contributed by atoms with Crippen LogP contribution in [0.15, 0.2) is 224 Å². The van der Waals surface area contributed by atoms with Crippen molar-refractivity contribution in [2.45, 2.75) is 45.1 Å². The van der Waals surface area contributed by atoms with Crippen molar-refractivity contribution >= 4 is 34.7 Å². The molecule has 0 radical (unpaired) electrons. The van der Waals surface area contributed by atoms with Crippen LogP contribution in [0.2, 0.25) is 0 Å². The molecule has 4 heteroatoms. The van der Waals surface area contributed by atoms with Crippen LogP contribution in [0.5, 0.6) is 0 Å². The number of aromatic nitrogens is 3. The molecule has 0 bridgehead atoms. The lowest BCUT2D eigenvalue weighted by Gasteiger charge is -2.16. The third-order valence-electron chi connectivity index (χ3n) is 13.1. The highest BCUT2D eigenvalue weighted by molar-refractivity contribution is 5.95. The van der Waals surface area contributed by atoms with Crippen LogP contribution in [0, 0.1) is 0 Å². The van der Waals surface area contributed by atoms with Crippen LogP contribution < -0.4 is 0 Å². The zero-order valence-electron chi connectivity index (χ0n) is 39.2. The minimum Gasteiger partial charge on any atom is -0.285 e. The summed E-state index contributed by atoms with van der Waals surface area (Å²) in [6, 6.07) is 54.1. The van der Waals surface area contributed by atoms with Crippen LogP contribution in [0.1, 0.15) is 72.0 Å². The van der Waals surface area contributed by atoms with Gasteiger partial charge in [0.25, 0.3) is 0 Å². The van der Waals surface area contributed by atoms with Crippen molar-refractivity contribution in [3.05, 3.63) is 252 Å². The smallest absolute Gasteiger partial charge is 0.164 e. The van der Waals surface area contributed by atoms with E-state index in [4.69, 9.17) is 19.9 Å². The van der Waals surface area contributed by atoms with Gasteiger partial charge in [0.1, 0.15) is 0 Å². The molecule has 1 aliphatic carbocycles. The molecule has 4 nitrogen and oxygen atoms in total. The Morgan fingerprint density at radius 1 is 0.594 bits per heavy atom. The fourth-order valence-corrected chi connectivity index (χ4v) is 9.51. The van der Waals surface area contributed by atoms with Gasteiger partial charge in [-0.2, -0.15) is 0 Å². The van der Waals surface area contributed by atoms with Crippen molar-refractivity contribution in [2.24, 2.45) is 4.99 Å². The summed E-state index contributed by atoms with van der Waals surface area (Å²) in [6.45, 7) is 8.67. The van der Waals surface area contributed by atoms with Crippen molar-refractivity contribution in [3.8, 4) is 56.4 Å². The molecule has 2 unspecified atom stereocenters. The normalized spacial score (nSPS) is 15.7. The number of hydrogen-bond acceptors (Lipinski definition) is 4. The maximum atomic E-state index is 5.29. The number of benzene rings is 7. The molecule has 1 aromatic heterocycles. The average molecular weight is 891 g/mol. The van der Waals surface area contributed by atoms with Crippen LogP contribution >= 0.6 is 0 Å². The largest absolute Gasteiger partial charge is 0.285 e. The minimum atomic E-state index is 0.0711. The summed E-state index contributed by atoms with van der Waals surface area (Å²) in [4.78, 5) is 20.6. The van der Waals surface area contributed by atoms with Gasteiger partial charge >= 0.3 is 0 Å². The van der Waals surface area contributed by atoms with Gasteiger partial charge in [-0.1, -0.05) is 202 Å². The molecule has 0 spiro atoms. The molecule has 0 saturated carbocycles. The molecule has 8 aromatic rings. The highest BCUT2D eigenvalue weighted by Gasteiger charge is 2.18. The number of aliphatic imine (C=N–C) groups is 1. The monoisotopic (exact) mass is 890 g/mol. The predicted octanol–water partition coefficient (Wildman–Crippen LogP) is 16.9. The Morgan fingerprint density at radius 2 is 1.28 bits per heavy atom. The van der Waals surface area contributed by atoms with Crippen molar-refractivity contribution in [1.29, 1.82) is 0 Å². The van der Waals surface area contributed by atoms with Crippen LogP contribution in [-0.4, -0.2) is 21.2 Å². The molecule has 2 heterocycles. The fourth-order valence-electron chi connectivity index (χ4n) is 9.51. The van der Waals surface area contributed by atoms with Crippen LogP contribution in [0.3, 0.4) is 0 Å². The van der Waals surface area contributed by atoms with E-state index in [0.717, 1.165) is 69.3 Å². The molecular formula is C65H54N4. The highest BCUT2D eigenvalue weighted by Crippen LogP contribution is 2.36. The SMILES string of the molecule is C=C/C(=C\C=C\c1cc2ccccc2c(/C=C\C)c1CC)c1cc(-c2cccc(C3CC=CC=N3)c2)cc(-c2nc(-c3ccc(-c4ccccc4)cc3)nc(-c3ccc(C4C=CC=CC4)cc3)n2)c1. The molecule has 0 saturated heterocycles. The van der Waals surface area contributed by atoms with E-state index in [1.54, 1.807) is 0 Å². The maximum absolute atomic E-state index is 5.29. The van der Waals surface area contributed by atoms with Gasteiger partial charge in [-0.15, -0.1) is 0 Å². The predicted molar refractivity (Wildman–Crippen MR) is 293 cm³/mol. The number of rotatable bonds is 13. The summed E-state index contributed by atoms with van der Waals surface area (Å²) >= 11 is 0. The van der Waals surface area contributed by atoms with Crippen LogP contribution in [0.4, 0.5) is 0 Å². The van der Waals surface area contributed by atoms with E-state index < -0.39 is 0 Å². The number of allylic oxidation sites excluding steroid dienone is 10. The molecular weight excluding hydrogens is 837 g/mol. The first-order valence-corrected chi connectivity index (χ1v) is 24.0. The van der Waals surface area contributed by atoms with Crippen molar-refractivity contribution < 1.29 is 0 Å². The summed E-state index contributed by atoms with van der Waals surface area (Å²) in [5.41, 5.74) is 15.4. The van der Waals surface area contributed by atoms with E-state index in [1.807, 2.05) is 24.4 Å². The Labute approximate surface area is 406 Å². The number of nitrogens with zero attached hydrogens (tertiary/aromatic N) is 4. The third kappa shape index (κ3) is 9.88. The van der Waals surface area contributed by atoms with Gasteiger partial charge in [-0.05, 0) is 135 Å². The van der Waals surface area contributed by atoms with E-state index in [2.05, 4.69) is 227 Å². The van der Waals surface area contributed by atoms with Crippen molar-refractivity contribution in [1.82, 2.24) is 15.0 Å². The summed E-state index contributed by atoms with van der Waals surface area (Å²) in [6.07, 6.45) is 30.5. The molecule has 7 aromatic carbocycles. The van der Waals surface area contributed by atoms with E-state index in [-0.39, 0.29) is 6.04 Å². The molecule has 1 aliphatic heterocycles. The van der Waals surface area contributed by atoms with Gasteiger partial charge in [0.05, 0.1) is 6.04 Å². The van der Waals surface area contributed by atoms with Crippen molar-refractivity contribution in [3.63, 3.8) is 0 Å². The zero-order valence-corrected chi connectivity index (χ0v) is 39.2. The van der Waals surface area contributed by atoms with Crippen LogP contribution in [0.25, 0.3) is 84.9 Å². The molecule has 334 valence electrons. The lowest BCUT2D eigenvalue weighted by molar-refractivity contribution is 0.741. The average Bonchev–Trinajstić information content (AvgIpc) is 3.42. The molecule has 0 amide bonds. The molecule has 69 heavy (non-hydrogen) atoms. The zero-order chi connectivity index (χ0) is 46.9. The second kappa shape index (κ2) is 20.7. The lowest BCUT2D eigenvalue weighted by atomic mass is 9.91. The van der Waals surface area contributed by atoms with Gasteiger partial charge < -0.3 is 0 Å². The Kier molecular flexibility index (Phi) is 13.3. The van der Waals surface area contributed by atoms with Gasteiger partial charge in [0.15, 0.2) is 17.5 Å². The topological polar surface area (TPSA) is 51.0 Å². The summed E-state index contributed by atoms with van der Waals surface area (Å²) in [5, 5.41) is 2.50. The minimum absolute atomic E-state index is 0.0711. The molecule has 10 rings (SSSR count). The number of dihydropyridines is 1. The van der Waals surface area contributed by atoms with Gasteiger partial charge in [-0.3, -0.25) is 4.99 Å². The highest BCUT2D eigenvalue weighted by atomic mass is 15.0.